The molecule has 1 aliphatic rings. The molecule has 1 aromatic heterocycles. The lowest BCUT2D eigenvalue weighted by Gasteiger charge is -2.06. The summed E-state index contributed by atoms with van der Waals surface area (Å²) in [5.74, 6) is 1.09. The van der Waals surface area contributed by atoms with Gasteiger partial charge in [0.05, 0.1) is 5.69 Å². The Bertz CT molecular complexity index is 677. The van der Waals surface area contributed by atoms with Crippen LogP contribution in [0.15, 0.2) is 23.6 Å². The zero-order valence-electron chi connectivity index (χ0n) is 11.9. The number of carbonyl (C=O) groups excluding carboxylic acids is 1. The van der Waals surface area contributed by atoms with E-state index >= 15 is 0 Å². The minimum Gasteiger partial charge on any atom is -0.454 e. The molecule has 1 aromatic carbocycles. The highest BCUT2D eigenvalue weighted by Crippen LogP contribution is 2.36. The van der Waals surface area contributed by atoms with E-state index in [0.29, 0.717) is 17.4 Å². The molecule has 1 unspecified atom stereocenters. The second kappa shape index (κ2) is 6.95. The van der Waals surface area contributed by atoms with Crippen molar-refractivity contribution in [2.24, 2.45) is 11.7 Å². The molecule has 2 aromatic rings. The maximum atomic E-state index is 11.8. The van der Waals surface area contributed by atoms with Gasteiger partial charge in [-0.15, -0.1) is 23.7 Å². The van der Waals surface area contributed by atoms with Gasteiger partial charge in [-0.05, 0) is 18.2 Å². The monoisotopic (exact) mass is 341 g/mol. The van der Waals surface area contributed by atoms with Crippen LogP contribution >= 0.6 is 23.7 Å². The third kappa shape index (κ3) is 3.32. The van der Waals surface area contributed by atoms with Crippen molar-refractivity contribution < 1.29 is 14.3 Å². The van der Waals surface area contributed by atoms with Crippen molar-refractivity contribution in [3.05, 3.63) is 23.6 Å². The first-order chi connectivity index (χ1) is 10.2. The molecule has 0 saturated carbocycles. The Hall–Kier alpha value is -1.83. The predicted octanol–water partition coefficient (Wildman–Crippen LogP) is 2.49. The van der Waals surface area contributed by atoms with Gasteiger partial charge < -0.3 is 20.5 Å². The summed E-state index contributed by atoms with van der Waals surface area (Å²) in [7, 11) is 0. The van der Waals surface area contributed by atoms with Crippen LogP contribution in [0.3, 0.4) is 0 Å². The summed E-state index contributed by atoms with van der Waals surface area (Å²) < 4.78 is 10.6. The fourth-order valence-electron chi connectivity index (χ4n) is 1.86. The zero-order chi connectivity index (χ0) is 14.8. The van der Waals surface area contributed by atoms with Crippen molar-refractivity contribution in [3.8, 4) is 22.8 Å². The average Bonchev–Trinajstić information content (AvgIpc) is 3.14. The first-order valence-electron chi connectivity index (χ1n) is 6.54. The average molecular weight is 342 g/mol. The van der Waals surface area contributed by atoms with Crippen LogP contribution in [-0.4, -0.2) is 24.2 Å². The van der Waals surface area contributed by atoms with E-state index in [9.17, 15) is 4.79 Å². The Labute approximate surface area is 138 Å². The number of halogens is 1. The summed E-state index contributed by atoms with van der Waals surface area (Å²) >= 11 is 1.38. The van der Waals surface area contributed by atoms with Gasteiger partial charge in [0.25, 0.3) is 0 Å². The van der Waals surface area contributed by atoms with Crippen LogP contribution in [0.4, 0.5) is 5.13 Å². The van der Waals surface area contributed by atoms with E-state index in [0.717, 1.165) is 17.0 Å². The van der Waals surface area contributed by atoms with E-state index in [2.05, 4.69) is 10.3 Å². The summed E-state index contributed by atoms with van der Waals surface area (Å²) in [4.78, 5) is 16.2. The van der Waals surface area contributed by atoms with Gasteiger partial charge >= 0.3 is 0 Å². The van der Waals surface area contributed by atoms with Gasteiger partial charge in [0.1, 0.15) is 0 Å². The van der Waals surface area contributed by atoms with Gasteiger partial charge in [0, 0.05) is 23.4 Å². The largest absolute Gasteiger partial charge is 0.454 e. The molecule has 1 amide bonds. The molecule has 0 fully saturated rings. The van der Waals surface area contributed by atoms with Crippen molar-refractivity contribution >= 4 is 34.8 Å². The maximum absolute atomic E-state index is 11.8. The molecule has 1 aliphatic heterocycles. The number of hydrogen-bond donors (Lipinski definition) is 2. The molecule has 0 radical (unpaired) electrons. The fourth-order valence-corrected chi connectivity index (χ4v) is 2.58. The van der Waals surface area contributed by atoms with E-state index in [1.54, 1.807) is 6.92 Å². The quantitative estimate of drug-likeness (QED) is 0.892. The second-order valence-electron chi connectivity index (χ2n) is 4.73. The Balaban J connectivity index is 0.00000176. The minimum atomic E-state index is -0.233. The number of anilines is 1. The number of nitrogens with two attached hydrogens (primary N) is 1. The molecule has 0 saturated heterocycles. The number of nitrogens with zero attached hydrogens (tertiary/aromatic N) is 1. The van der Waals surface area contributed by atoms with Crippen LogP contribution in [0.2, 0.25) is 0 Å². The third-order valence-electron chi connectivity index (χ3n) is 3.20. The van der Waals surface area contributed by atoms with Gasteiger partial charge in [0.2, 0.25) is 12.7 Å². The number of amides is 1. The Morgan fingerprint density at radius 1 is 1.45 bits per heavy atom. The normalized spacial score (nSPS) is 13.4. The van der Waals surface area contributed by atoms with Crippen molar-refractivity contribution in [3.63, 3.8) is 0 Å². The number of thiazole rings is 1. The molecule has 3 rings (SSSR count). The lowest BCUT2D eigenvalue weighted by molar-refractivity contribution is -0.119. The first-order valence-corrected chi connectivity index (χ1v) is 7.42. The van der Waals surface area contributed by atoms with Gasteiger partial charge in [-0.2, -0.15) is 0 Å². The zero-order valence-corrected chi connectivity index (χ0v) is 13.5. The number of carbonyl (C=O) groups is 1. The van der Waals surface area contributed by atoms with Crippen molar-refractivity contribution in [2.45, 2.75) is 6.92 Å². The number of hydrogen-bond acceptors (Lipinski definition) is 6. The Kier molecular flexibility index (Phi) is 5.23. The highest BCUT2D eigenvalue weighted by atomic mass is 35.5. The van der Waals surface area contributed by atoms with E-state index in [1.807, 2.05) is 23.6 Å². The summed E-state index contributed by atoms with van der Waals surface area (Å²) in [5.41, 5.74) is 7.18. The lowest BCUT2D eigenvalue weighted by atomic mass is 10.1. The summed E-state index contributed by atoms with van der Waals surface area (Å²) in [6.45, 7) is 2.34. The van der Waals surface area contributed by atoms with E-state index in [4.69, 9.17) is 15.2 Å². The SMILES string of the molecule is CC(CN)C(=O)Nc1nc(-c2ccc3c(c2)OCO3)cs1.Cl. The van der Waals surface area contributed by atoms with Crippen molar-refractivity contribution in [1.82, 2.24) is 4.98 Å². The predicted molar refractivity (Wildman–Crippen MR) is 87.8 cm³/mol. The molecular formula is C14H16ClN3O3S. The van der Waals surface area contributed by atoms with E-state index in [-0.39, 0.29) is 31.0 Å². The van der Waals surface area contributed by atoms with Crippen LogP contribution < -0.4 is 20.5 Å². The molecule has 8 heteroatoms. The number of aromatic nitrogens is 1. The molecule has 22 heavy (non-hydrogen) atoms. The summed E-state index contributed by atoms with van der Waals surface area (Å²) in [5, 5.41) is 5.22. The van der Waals surface area contributed by atoms with E-state index < -0.39 is 0 Å². The highest BCUT2D eigenvalue weighted by molar-refractivity contribution is 7.14. The molecule has 6 nitrogen and oxygen atoms in total. The number of rotatable bonds is 4. The van der Waals surface area contributed by atoms with Gasteiger partial charge in [-0.25, -0.2) is 4.98 Å². The Morgan fingerprint density at radius 2 is 2.23 bits per heavy atom. The summed E-state index contributed by atoms with van der Waals surface area (Å²) in [6, 6.07) is 5.65. The number of nitrogens with one attached hydrogen (secondary N) is 1. The molecule has 0 spiro atoms. The van der Waals surface area contributed by atoms with Crippen LogP contribution in [0, 0.1) is 5.92 Å². The summed E-state index contributed by atoms with van der Waals surface area (Å²) in [6.07, 6.45) is 0. The van der Waals surface area contributed by atoms with Gasteiger partial charge in [0.15, 0.2) is 16.6 Å². The molecule has 2 heterocycles. The molecule has 1 atom stereocenters. The van der Waals surface area contributed by atoms with Gasteiger partial charge in [-0.1, -0.05) is 6.92 Å². The number of ether oxygens (including phenoxy) is 2. The van der Waals surface area contributed by atoms with Crippen LogP contribution in [-0.2, 0) is 4.79 Å². The number of benzene rings is 1. The van der Waals surface area contributed by atoms with Crippen LogP contribution in [0.5, 0.6) is 11.5 Å². The van der Waals surface area contributed by atoms with Crippen LogP contribution in [0.25, 0.3) is 11.3 Å². The fraction of sp³-hybridized carbons (Fsp3) is 0.286. The van der Waals surface area contributed by atoms with Crippen molar-refractivity contribution in [2.75, 3.05) is 18.7 Å². The van der Waals surface area contributed by atoms with Crippen molar-refractivity contribution in [1.29, 1.82) is 0 Å². The molecule has 118 valence electrons. The standard InChI is InChI=1S/C14H15N3O3S.ClH/c1-8(5-15)13(18)17-14-16-10(6-21-14)9-2-3-11-12(4-9)20-7-19-11;/h2-4,6,8H,5,7,15H2,1H3,(H,16,17,18);1H. The van der Waals surface area contributed by atoms with Crippen LogP contribution in [0.1, 0.15) is 6.92 Å². The topological polar surface area (TPSA) is 86.5 Å². The van der Waals surface area contributed by atoms with E-state index in [1.165, 1.54) is 11.3 Å². The Morgan fingerprint density at radius 3 is 3.00 bits per heavy atom. The molecule has 0 aliphatic carbocycles. The minimum absolute atomic E-state index is 0. The number of fused-ring (bicyclic) bond motifs is 1. The third-order valence-corrected chi connectivity index (χ3v) is 3.96. The molecule has 3 N–H and O–H groups in total. The highest BCUT2D eigenvalue weighted by Gasteiger charge is 2.16. The molecular weight excluding hydrogens is 326 g/mol. The second-order valence-corrected chi connectivity index (χ2v) is 5.59. The lowest BCUT2D eigenvalue weighted by Crippen LogP contribution is -2.26. The smallest absolute Gasteiger partial charge is 0.231 e. The maximum Gasteiger partial charge on any atom is 0.231 e. The first kappa shape index (κ1) is 16.5. The molecule has 0 bridgehead atoms. The van der Waals surface area contributed by atoms with Gasteiger partial charge in [-0.3, -0.25) is 4.79 Å².